The first-order valence-electron chi connectivity index (χ1n) is 6.84. The number of carbonyl (C=O) groups is 1. The monoisotopic (exact) mass is 308 g/mol. The number of hydrazone groups is 1. The van der Waals surface area contributed by atoms with Gasteiger partial charge in [-0.05, 0) is 18.6 Å². The molecule has 6 nitrogen and oxygen atoms in total. The number of sulfone groups is 1. The van der Waals surface area contributed by atoms with Crippen LogP contribution in [0.4, 0.5) is 0 Å². The molecule has 0 radical (unpaired) electrons. The minimum absolute atomic E-state index is 0.0800. The average Bonchev–Trinajstić information content (AvgIpc) is 2.85. The van der Waals surface area contributed by atoms with Crippen LogP contribution < -0.4 is 10.2 Å². The van der Waals surface area contributed by atoms with E-state index in [9.17, 15) is 13.2 Å². The number of para-hydroxylation sites is 1. The number of nitrogens with zero attached hydrogens (tertiary/aromatic N) is 1. The summed E-state index contributed by atoms with van der Waals surface area (Å²) >= 11 is 0. The predicted molar refractivity (Wildman–Crippen MR) is 78.0 cm³/mol. The van der Waals surface area contributed by atoms with Crippen molar-refractivity contribution in [2.24, 2.45) is 11.0 Å². The average molecular weight is 308 g/mol. The Hall–Kier alpha value is -1.89. The van der Waals surface area contributed by atoms with Gasteiger partial charge in [0.1, 0.15) is 5.75 Å². The summed E-state index contributed by atoms with van der Waals surface area (Å²) in [7, 11) is -3.06. The molecule has 1 N–H and O–H groups in total. The number of nitrogens with one attached hydrogen (secondary N) is 1. The van der Waals surface area contributed by atoms with Gasteiger partial charge in [-0.15, -0.1) is 0 Å². The Kier molecular flexibility index (Phi) is 3.67. The Bertz CT molecular complexity index is 697. The molecule has 0 saturated carbocycles. The molecule has 2 aliphatic rings. The Morgan fingerprint density at radius 1 is 1.33 bits per heavy atom. The van der Waals surface area contributed by atoms with Crippen LogP contribution in [-0.4, -0.2) is 38.1 Å². The molecule has 0 aromatic heterocycles. The quantitative estimate of drug-likeness (QED) is 0.816. The predicted octanol–water partition coefficient (Wildman–Crippen LogP) is 0.724. The van der Waals surface area contributed by atoms with Crippen molar-refractivity contribution in [3.05, 3.63) is 29.8 Å². The highest BCUT2D eigenvalue weighted by molar-refractivity contribution is 7.91. The fraction of sp³-hybridized carbons (Fsp3) is 0.429. The van der Waals surface area contributed by atoms with Crippen LogP contribution in [0, 0.1) is 5.92 Å². The van der Waals surface area contributed by atoms with Crippen LogP contribution in [0.15, 0.2) is 29.4 Å². The van der Waals surface area contributed by atoms with Crippen molar-refractivity contribution < 1.29 is 17.9 Å². The van der Waals surface area contributed by atoms with Crippen molar-refractivity contribution in [3.8, 4) is 5.75 Å². The van der Waals surface area contributed by atoms with Crippen molar-refractivity contribution in [2.45, 2.75) is 12.8 Å². The van der Waals surface area contributed by atoms with Gasteiger partial charge in [-0.25, -0.2) is 13.8 Å². The fourth-order valence-electron chi connectivity index (χ4n) is 2.56. The Morgan fingerprint density at radius 3 is 2.90 bits per heavy atom. The van der Waals surface area contributed by atoms with Crippen LogP contribution in [0.25, 0.3) is 0 Å². The van der Waals surface area contributed by atoms with Crippen LogP contribution in [-0.2, 0) is 14.6 Å². The van der Waals surface area contributed by atoms with Gasteiger partial charge in [0.2, 0.25) is 5.91 Å². The smallest absolute Gasteiger partial charge is 0.244 e. The normalized spacial score (nSPS) is 25.1. The second-order valence-electron chi connectivity index (χ2n) is 5.23. The number of carbonyl (C=O) groups excluding carboxylic acids is 1. The number of benzene rings is 1. The lowest BCUT2D eigenvalue weighted by Crippen LogP contribution is -2.29. The van der Waals surface area contributed by atoms with Gasteiger partial charge in [0.05, 0.1) is 29.7 Å². The summed E-state index contributed by atoms with van der Waals surface area (Å²) in [6.07, 6.45) is 0.985. The summed E-state index contributed by atoms with van der Waals surface area (Å²) in [4.78, 5) is 12.0. The zero-order valence-corrected chi connectivity index (χ0v) is 12.2. The SMILES string of the molecule is O=C(NN=C1CCOc2ccccc21)[C@H]1CCS(=O)(=O)C1. The third-order valence-electron chi connectivity index (χ3n) is 3.70. The van der Waals surface area contributed by atoms with Gasteiger partial charge in [0.25, 0.3) is 0 Å². The van der Waals surface area contributed by atoms with E-state index in [-0.39, 0.29) is 17.4 Å². The summed E-state index contributed by atoms with van der Waals surface area (Å²) in [6.45, 7) is 0.517. The van der Waals surface area contributed by atoms with E-state index in [1.807, 2.05) is 24.3 Å². The van der Waals surface area contributed by atoms with Crippen molar-refractivity contribution in [2.75, 3.05) is 18.1 Å². The molecule has 0 unspecified atom stereocenters. The Morgan fingerprint density at radius 2 is 2.14 bits per heavy atom. The third kappa shape index (κ3) is 3.07. The topological polar surface area (TPSA) is 84.8 Å². The largest absolute Gasteiger partial charge is 0.492 e. The molecule has 0 aliphatic carbocycles. The Balaban J connectivity index is 1.71. The maximum Gasteiger partial charge on any atom is 0.244 e. The maximum absolute atomic E-state index is 12.0. The third-order valence-corrected chi connectivity index (χ3v) is 5.47. The van der Waals surface area contributed by atoms with E-state index in [0.717, 1.165) is 17.0 Å². The van der Waals surface area contributed by atoms with E-state index in [2.05, 4.69) is 10.5 Å². The van der Waals surface area contributed by atoms with Crippen molar-refractivity contribution in [3.63, 3.8) is 0 Å². The van der Waals surface area contributed by atoms with Crippen molar-refractivity contribution in [1.29, 1.82) is 0 Å². The van der Waals surface area contributed by atoms with Gasteiger partial charge >= 0.3 is 0 Å². The van der Waals surface area contributed by atoms with Gasteiger partial charge in [-0.2, -0.15) is 5.10 Å². The number of rotatable bonds is 2. The molecule has 1 saturated heterocycles. The molecule has 112 valence electrons. The van der Waals surface area contributed by atoms with Gasteiger partial charge in [0, 0.05) is 12.0 Å². The van der Waals surface area contributed by atoms with Gasteiger partial charge in [-0.3, -0.25) is 4.79 Å². The molecule has 21 heavy (non-hydrogen) atoms. The highest BCUT2D eigenvalue weighted by Gasteiger charge is 2.33. The second-order valence-corrected chi connectivity index (χ2v) is 7.46. The number of fused-ring (bicyclic) bond motifs is 1. The molecule has 0 spiro atoms. The lowest BCUT2D eigenvalue weighted by molar-refractivity contribution is -0.124. The van der Waals surface area contributed by atoms with Crippen molar-refractivity contribution in [1.82, 2.24) is 5.43 Å². The van der Waals surface area contributed by atoms with Crippen LogP contribution in [0.5, 0.6) is 5.75 Å². The van der Waals surface area contributed by atoms with E-state index in [1.165, 1.54) is 0 Å². The zero-order chi connectivity index (χ0) is 14.9. The summed E-state index contributed by atoms with van der Waals surface area (Å²) in [5.41, 5.74) is 4.12. The van der Waals surface area contributed by atoms with Crippen LogP contribution in [0.1, 0.15) is 18.4 Å². The number of amides is 1. The van der Waals surface area contributed by atoms with E-state index >= 15 is 0 Å². The summed E-state index contributed by atoms with van der Waals surface area (Å²) in [5, 5.41) is 4.16. The summed E-state index contributed by atoms with van der Waals surface area (Å²) in [5.74, 6) is -0.0657. The molecule has 1 amide bonds. The molecular weight excluding hydrogens is 292 g/mol. The molecule has 7 heteroatoms. The molecule has 1 atom stereocenters. The second kappa shape index (κ2) is 5.48. The van der Waals surface area contributed by atoms with Crippen molar-refractivity contribution >= 4 is 21.5 Å². The standard InChI is InChI=1S/C14H16N2O4S/c17-14(10-6-8-21(18,19)9-10)16-15-12-5-7-20-13-4-2-1-3-11(12)13/h1-4,10H,5-9H2,(H,16,17)/t10-/m0/s1. The lowest BCUT2D eigenvalue weighted by Gasteiger charge is -2.18. The van der Waals surface area contributed by atoms with E-state index in [1.54, 1.807) is 0 Å². The van der Waals surface area contributed by atoms with Crippen LogP contribution in [0.2, 0.25) is 0 Å². The van der Waals surface area contributed by atoms with E-state index < -0.39 is 15.8 Å². The first-order chi connectivity index (χ1) is 10.1. The Labute approximate surface area is 123 Å². The minimum atomic E-state index is -3.06. The first kappa shape index (κ1) is 14.1. The lowest BCUT2D eigenvalue weighted by atomic mass is 10.0. The van der Waals surface area contributed by atoms with Crippen LogP contribution >= 0.6 is 0 Å². The van der Waals surface area contributed by atoms with Gasteiger partial charge in [-0.1, -0.05) is 12.1 Å². The maximum atomic E-state index is 12.0. The van der Waals surface area contributed by atoms with E-state index in [4.69, 9.17) is 4.74 Å². The molecule has 0 bridgehead atoms. The minimum Gasteiger partial charge on any atom is -0.492 e. The number of hydrogen-bond acceptors (Lipinski definition) is 5. The molecule has 1 aromatic carbocycles. The van der Waals surface area contributed by atoms with E-state index in [0.29, 0.717) is 19.4 Å². The molecular formula is C14H16N2O4S. The first-order valence-corrected chi connectivity index (χ1v) is 8.66. The fourth-order valence-corrected chi connectivity index (χ4v) is 4.30. The molecule has 2 heterocycles. The molecule has 2 aliphatic heterocycles. The zero-order valence-electron chi connectivity index (χ0n) is 11.4. The van der Waals surface area contributed by atoms with Gasteiger partial charge < -0.3 is 4.74 Å². The number of ether oxygens (including phenoxy) is 1. The molecule has 1 aromatic rings. The van der Waals surface area contributed by atoms with Crippen LogP contribution in [0.3, 0.4) is 0 Å². The highest BCUT2D eigenvalue weighted by atomic mass is 32.2. The highest BCUT2D eigenvalue weighted by Crippen LogP contribution is 2.24. The number of hydrogen-bond donors (Lipinski definition) is 1. The summed E-state index contributed by atoms with van der Waals surface area (Å²) < 4.78 is 28.3. The van der Waals surface area contributed by atoms with Gasteiger partial charge in [0.15, 0.2) is 9.84 Å². The molecule has 1 fully saturated rings. The molecule has 3 rings (SSSR count). The summed E-state index contributed by atoms with van der Waals surface area (Å²) in [6, 6.07) is 7.51.